The number of guanidine groups is 1. The lowest BCUT2D eigenvalue weighted by Crippen LogP contribution is -2.36. The average Bonchev–Trinajstić information content (AvgIpc) is 3.02. The molecule has 0 unspecified atom stereocenters. The van der Waals surface area contributed by atoms with Crippen molar-refractivity contribution in [3.05, 3.63) is 82.9 Å². The SMILES string of the molecule is CCn1nc(C)c(CCN=C(NC(=O)c2ccccc2)Nc2cccc(F)c2)c1C. The molecule has 3 aromatic rings. The number of aliphatic imine (C=N–C) groups is 1. The van der Waals surface area contributed by atoms with Crippen molar-refractivity contribution in [2.45, 2.75) is 33.7 Å². The van der Waals surface area contributed by atoms with Crippen LogP contribution in [0.25, 0.3) is 0 Å². The molecule has 0 aliphatic rings. The standard InChI is InChI=1S/C23H26FN5O/c1-4-29-17(3)21(16(2)28-29)13-14-25-23(26-20-12-8-11-19(24)15-20)27-22(30)18-9-6-5-7-10-18/h5-12,15H,4,13-14H2,1-3H3,(H2,25,26,27,30). The Kier molecular flexibility index (Phi) is 6.95. The first-order valence-electron chi connectivity index (χ1n) is 9.94. The van der Waals surface area contributed by atoms with Gasteiger partial charge in [-0.05, 0) is 63.1 Å². The molecule has 0 bridgehead atoms. The number of aryl methyl sites for hydroxylation is 2. The first kappa shape index (κ1) is 21.2. The van der Waals surface area contributed by atoms with Gasteiger partial charge >= 0.3 is 0 Å². The number of hydrogen-bond acceptors (Lipinski definition) is 3. The van der Waals surface area contributed by atoms with Gasteiger partial charge in [0.05, 0.1) is 5.69 Å². The zero-order valence-corrected chi connectivity index (χ0v) is 17.4. The molecule has 1 aromatic heterocycles. The van der Waals surface area contributed by atoms with Gasteiger partial charge in [0, 0.05) is 30.0 Å². The van der Waals surface area contributed by atoms with Crippen molar-refractivity contribution >= 4 is 17.6 Å². The van der Waals surface area contributed by atoms with Gasteiger partial charge < -0.3 is 5.32 Å². The molecule has 2 N–H and O–H groups in total. The van der Waals surface area contributed by atoms with Crippen molar-refractivity contribution in [2.24, 2.45) is 4.99 Å². The Bertz CT molecular complexity index is 1040. The average molecular weight is 407 g/mol. The number of aromatic nitrogens is 2. The van der Waals surface area contributed by atoms with Crippen molar-refractivity contribution in [3.8, 4) is 0 Å². The molecular weight excluding hydrogens is 381 g/mol. The lowest BCUT2D eigenvalue weighted by Gasteiger charge is -2.12. The molecule has 1 heterocycles. The summed E-state index contributed by atoms with van der Waals surface area (Å²) >= 11 is 0. The Morgan fingerprint density at radius 2 is 1.90 bits per heavy atom. The highest BCUT2D eigenvalue weighted by molar-refractivity contribution is 6.09. The Hall–Kier alpha value is -3.48. The van der Waals surface area contributed by atoms with E-state index >= 15 is 0 Å². The lowest BCUT2D eigenvalue weighted by molar-refractivity contribution is 0.0977. The van der Waals surface area contributed by atoms with Gasteiger partial charge in [-0.15, -0.1) is 0 Å². The summed E-state index contributed by atoms with van der Waals surface area (Å²) in [6.07, 6.45) is 0.688. The summed E-state index contributed by atoms with van der Waals surface area (Å²) in [5.74, 6) is -0.385. The van der Waals surface area contributed by atoms with Gasteiger partial charge in [-0.2, -0.15) is 5.10 Å². The van der Waals surface area contributed by atoms with Gasteiger partial charge in [0.25, 0.3) is 5.91 Å². The first-order valence-corrected chi connectivity index (χ1v) is 9.94. The summed E-state index contributed by atoms with van der Waals surface area (Å²) in [7, 11) is 0. The third kappa shape index (κ3) is 5.31. The largest absolute Gasteiger partial charge is 0.326 e. The molecule has 0 spiro atoms. The van der Waals surface area contributed by atoms with Crippen LogP contribution in [0.2, 0.25) is 0 Å². The summed E-state index contributed by atoms with van der Waals surface area (Å²) in [5, 5.41) is 10.3. The second-order valence-electron chi connectivity index (χ2n) is 6.90. The van der Waals surface area contributed by atoms with E-state index in [2.05, 4.69) is 27.6 Å². The van der Waals surface area contributed by atoms with Crippen LogP contribution in [0, 0.1) is 19.7 Å². The number of carbonyl (C=O) groups is 1. The molecule has 2 aromatic carbocycles. The minimum atomic E-state index is -0.369. The van der Waals surface area contributed by atoms with Gasteiger partial charge in [-0.1, -0.05) is 24.3 Å². The number of nitrogens with one attached hydrogen (secondary N) is 2. The molecule has 1 amide bonds. The predicted molar refractivity (Wildman–Crippen MR) is 117 cm³/mol. The van der Waals surface area contributed by atoms with Gasteiger partial charge in [0.1, 0.15) is 5.82 Å². The van der Waals surface area contributed by atoms with Crippen LogP contribution < -0.4 is 10.6 Å². The van der Waals surface area contributed by atoms with E-state index < -0.39 is 0 Å². The minimum absolute atomic E-state index is 0.271. The van der Waals surface area contributed by atoms with Crippen LogP contribution in [0.3, 0.4) is 0 Å². The normalized spacial score (nSPS) is 11.4. The molecule has 0 saturated heterocycles. The molecule has 6 nitrogen and oxygen atoms in total. The van der Waals surface area contributed by atoms with Gasteiger partial charge in [0.15, 0.2) is 0 Å². The number of anilines is 1. The summed E-state index contributed by atoms with van der Waals surface area (Å²) in [6, 6.07) is 14.9. The lowest BCUT2D eigenvalue weighted by atomic mass is 10.1. The van der Waals surface area contributed by atoms with Crippen LogP contribution in [-0.2, 0) is 13.0 Å². The summed E-state index contributed by atoms with van der Waals surface area (Å²) < 4.78 is 15.5. The molecule has 7 heteroatoms. The second-order valence-corrected chi connectivity index (χ2v) is 6.90. The Morgan fingerprint density at radius 1 is 1.13 bits per heavy atom. The van der Waals surface area contributed by atoms with Gasteiger partial charge in [0.2, 0.25) is 5.96 Å². The fourth-order valence-corrected chi connectivity index (χ4v) is 3.27. The second kappa shape index (κ2) is 9.82. The molecule has 3 rings (SSSR count). The molecule has 0 saturated carbocycles. The third-order valence-corrected chi connectivity index (χ3v) is 4.82. The Labute approximate surface area is 175 Å². The van der Waals surface area contributed by atoms with E-state index in [-0.39, 0.29) is 17.7 Å². The fraction of sp³-hybridized carbons (Fsp3) is 0.261. The van der Waals surface area contributed by atoms with Crippen LogP contribution in [-0.4, -0.2) is 28.2 Å². The summed E-state index contributed by atoms with van der Waals surface area (Å²) in [4.78, 5) is 17.1. The first-order chi connectivity index (χ1) is 14.5. The molecule has 0 fully saturated rings. The van der Waals surface area contributed by atoms with Crippen molar-refractivity contribution in [2.75, 3.05) is 11.9 Å². The molecule has 156 valence electrons. The topological polar surface area (TPSA) is 71.3 Å². The minimum Gasteiger partial charge on any atom is -0.326 e. The molecule has 0 radical (unpaired) electrons. The summed E-state index contributed by atoms with van der Waals surface area (Å²) in [5.41, 5.74) is 4.28. The number of nitrogens with zero attached hydrogens (tertiary/aromatic N) is 3. The van der Waals surface area contributed by atoms with Crippen LogP contribution in [0.5, 0.6) is 0 Å². The Balaban J connectivity index is 1.77. The zero-order chi connectivity index (χ0) is 21.5. The van der Waals surface area contributed by atoms with E-state index in [0.29, 0.717) is 24.2 Å². The highest BCUT2D eigenvalue weighted by atomic mass is 19.1. The maximum atomic E-state index is 13.6. The number of benzene rings is 2. The number of carbonyl (C=O) groups excluding carboxylic acids is 1. The molecule has 0 aliphatic carbocycles. The van der Waals surface area contributed by atoms with Crippen LogP contribution >= 0.6 is 0 Å². The van der Waals surface area contributed by atoms with Gasteiger partial charge in [-0.3, -0.25) is 19.8 Å². The maximum absolute atomic E-state index is 13.6. The highest BCUT2D eigenvalue weighted by Gasteiger charge is 2.12. The van der Waals surface area contributed by atoms with Crippen molar-refractivity contribution in [1.29, 1.82) is 0 Å². The predicted octanol–water partition coefficient (Wildman–Crippen LogP) is 4.10. The van der Waals surface area contributed by atoms with Crippen molar-refractivity contribution < 1.29 is 9.18 Å². The number of hydrogen-bond donors (Lipinski definition) is 2. The van der Waals surface area contributed by atoms with E-state index in [9.17, 15) is 9.18 Å². The molecule has 0 atom stereocenters. The molecule has 0 aliphatic heterocycles. The smallest absolute Gasteiger partial charge is 0.257 e. The van der Waals surface area contributed by atoms with E-state index in [1.807, 2.05) is 24.6 Å². The molecular formula is C23H26FN5O. The van der Waals surface area contributed by atoms with E-state index in [1.54, 1.807) is 36.4 Å². The Morgan fingerprint density at radius 3 is 2.57 bits per heavy atom. The van der Waals surface area contributed by atoms with E-state index in [0.717, 1.165) is 23.5 Å². The number of amides is 1. The monoisotopic (exact) mass is 407 g/mol. The summed E-state index contributed by atoms with van der Waals surface area (Å²) in [6.45, 7) is 7.35. The van der Waals surface area contributed by atoms with Crippen LogP contribution in [0.4, 0.5) is 10.1 Å². The fourth-order valence-electron chi connectivity index (χ4n) is 3.27. The number of rotatable bonds is 6. The maximum Gasteiger partial charge on any atom is 0.257 e. The molecule has 30 heavy (non-hydrogen) atoms. The highest BCUT2D eigenvalue weighted by Crippen LogP contribution is 2.14. The van der Waals surface area contributed by atoms with Gasteiger partial charge in [-0.25, -0.2) is 4.39 Å². The number of halogens is 1. The van der Waals surface area contributed by atoms with E-state index in [1.165, 1.54) is 12.1 Å². The van der Waals surface area contributed by atoms with Crippen LogP contribution in [0.1, 0.15) is 34.2 Å². The quantitative estimate of drug-likeness (QED) is 0.477. The van der Waals surface area contributed by atoms with Crippen LogP contribution in [0.15, 0.2) is 59.6 Å². The van der Waals surface area contributed by atoms with Crippen molar-refractivity contribution in [3.63, 3.8) is 0 Å². The van der Waals surface area contributed by atoms with Crippen molar-refractivity contribution in [1.82, 2.24) is 15.1 Å². The zero-order valence-electron chi connectivity index (χ0n) is 17.4. The third-order valence-electron chi connectivity index (χ3n) is 4.82. The van der Waals surface area contributed by atoms with E-state index in [4.69, 9.17) is 0 Å².